The van der Waals surface area contributed by atoms with Gasteiger partial charge in [0.25, 0.3) is 11.6 Å². The summed E-state index contributed by atoms with van der Waals surface area (Å²) >= 11 is 5.57. The zero-order valence-electron chi connectivity index (χ0n) is 6.86. The van der Waals surface area contributed by atoms with Gasteiger partial charge in [0.05, 0.1) is 4.92 Å². The second-order valence-electron chi connectivity index (χ2n) is 2.43. The first-order valence-electron chi connectivity index (χ1n) is 3.50. The van der Waals surface area contributed by atoms with E-state index in [4.69, 9.17) is 17.4 Å². The molecule has 0 aromatic heterocycles. The fourth-order valence-electron chi connectivity index (χ4n) is 0.894. The second kappa shape index (κ2) is 4.03. The maximum atomic E-state index is 11.0. The molecule has 0 aliphatic heterocycles. The SMILES string of the molecule is NNC(=O)c1cc(Cl)cc([N+](=O)[O-])c1. The first kappa shape index (κ1) is 10.4. The number of non-ortho nitro benzene ring substituents is 1. The monoisotopic (exact) mass is 215 g/mol. The van der Waals surface area contributed by atoms with Gasteiger partial charge in [-0.05, 0) is 6.07 Å². The van der Waals surface area contributed by atoms with Gasteiger partial charge >= 0.3 is 0 Å². The maximum Gasteiger partial charge on any atom is 0.271 e. The lowest BCUT2D eigenvalue weighted by Crippen LogP contribution is -2.29. The molecule has 0 saturated heterocycles. The highest BCUT2D eigenvalue weighted by molar-refractivity contribution is 6.31. The van der Waals surface area contributed by atoms with Gasteiger partial charge in [-0.3, -0.25) is 20.3 Å². The van der Waals surface area contributed by atoms with Crippen LogP contribution in [0.2, 0.25) is 5.02 Å². The van der Waals surface area contributed by atoms with Gasteiger partial charge in [0.15, 0.2) is 0 Å². The van der Waals surface area contributed by atoms with E-state index in [1.807, 2.05) is 5.43 Å². The predicted octanol–water partition coefficient (Wildman–Crippen LogP) is 0.852. The van der Waals surface area contributed by atoms with Gasteiger partial charge in [0, 0.05) is 22.7 Å². The number of nitro groups is 1. The van der Waals surface area contributed by atoms with Crippen LogP contribution in [0.25, 0.3) is 0 Å². The smallest absolute Gasteiger partial charge is 0.271 e. The highest BCUT2D eigenvalue weighted by Crippen LogP contribution is 2.20. The molecule has 1 aromatic carbocycles. The van der Waals surface area contributed by atoms with E-state index in [-0.39, 0.29) is 16.3 Å². The maximum absolute atomic E-state index is 11.0. The lowest BCUT2D eigenvalue weighted by atomic mass is 10.2. The summed E-state index contributed by atoms with van der Waals surface area (Å²) in [5.74, 6) is 4.24. The molecule has 1 rings (SSSR count). The fraction of sp³-hybridized carbons (Fsp3) is 0. The number of nitrogens with two attached hydrogens (primary N) is 1. The molecule has 7 heteroatoms. The van der Waals surface area contributed by atoms with Gasteiger partial charge in [-0.25, -0.2) is 5.84 Å². The highest BCUT2D eigenvalue weighted by Gasteiger charge is 2.12. The Morgan fingerprint density at radius 2 is 2.14 bits per heavy atom. The van der Waals surface area contributed by atoms with Crippen molar-refractivity contribution in [1.29, 1.82) is 0 Å². The van der Waals surface area contributed by atoms with Crippen LogP contribution in [0.3, 0.4) is 0 Å². The molecule has 0 aliphatic rings. The molecule has 0 fully saturated rings. The van der Waals surface area contributed by atoms with E-state index in [0.717, 1.165) is 12.1 Å². The molecule has 0 spiro atoms. The van der Waals surface area contributed by atoms with Gasteiger partial charge in [0.2, 0.25) is 0 Å². The number of nitrogen functional groups attached to an aromatic ring is 1. The third-order valence-corrected chi connectivity index (χ3v) is 1.70. The summed E-state index contributed by atoms with van der Waals surface area (Å²) in [5.41, 5.74) is 1.65. The standard InChI is InChI=1S/C7H6ClN3O3/c8-5-1-4(7(12)10-9)2-6(3-5)11(13)14/h1-3H,9H2,(H,10,12). The topological polar surface area (TPSA) is 98.3 Å². The number of carbonyl (C=O) groups is 1. The van der Waals surface area contributed by atoms with Gasteiger partial charge in [0.1, 0.15) is 0 Å². The molecule has 0 saturated carbocycles. The average molecular weight is 216 g/mol. The third kappa shape index (κ3) is 2.18. The van der Waals surface area contributed by atoms with Crippen molar-refractivity contribution in [2.75, 3.05) is 0 Å². The molecule has 3 N–H and O–H groups in total. The van der Waals surface area contributed by atoms with E-state index in [0.29, 0.717) is 0 Å². The van der Waals surface area contributed by atoms with Gasteiger partial charge in [-0.15, -0.1) is 0 Å². The summed E-state index contributed by atoms with van der Waals surface area (Å²) in [7, 11) is 0. The van der Waals surface area contributed by atoms with Crippen molar-refractivity contribution in [2.24, 2.45) is 5.84 Å². The van der Waals surface area contributed by atoms with Crippen LogP contribution >= 0.6 is 11.6 Å². The Morgan fingerprint density at radius 1 is 1.50 bits per heavy atom. The summed E-state index contributed by atoms with van der Waals surface area (Å²) in [6.45, 7) is 0. The molecule has 74 valence electrons. The molecule has 0 heterocycles. The van der Waals surface area contributed by atoms with E-state index in [1.165, 1.54) is 6.07 Å². The fourth-order valence-corrected chi connectivity index (χ4v) is 1.12. The average Bonchev–Trinajstić information content (AvgIpc) is 2.15. The Morgan fingerprint density at radius 3 is 2.64 bits per heavy atom. The van der Waals surface area contributed by atoms with Crippen LogP contribution < -0.4 is 11.3 Å². The minimum atomic E-state index is -0.640. The van der Waals surface area contributed by atoms with Crippen molar-refractivity contribution in [2.45, 2.75) is 0 Å². The van der Waals surface area contributed by atoms with E-state index in [1.54, 1.807) is 0 Å². The van der Waals surface area contributed by atoms with E-state index in [2.05, 4.69) is 0 Å². The lowest BCUT2D eigenvalue weighted by Gasteiger charge is -2.00. The summed E-state index contributed by atoms with van der Waals surface area (Å²) in [4.78, 5) is 20.8. The number of hydrogen-bond donors (Lipinski definition) is 2. The Bertz CT molecular complexity index is 394. The number of amides is 1. The molecule has 0 radical (unpaired) electrons. The number of nitrogens with zero attached hydrogens (tertiary/aromatic N) is 1. The Labute approximate surface area is 83.8 Å². The van der Waals surface area contributed by atoms with Crippen molar-refractivity contribution >= 4 is 23.2 Å². The molecule has 1 aromatic rings. The number of hydrogen-bond acceptors (Lipinski definition) is 4. The second-order valence-corrected chi connectivity index (χ2v) is 2.87. The number of hydrazine groups is 1. The van der Waals surface area contributed by atoms with Gasteiger partial charge in [-0.1, -0.05) is 11.6 Å². The van der Waals surface area contributed by atoms with Gasteiger partial charge < -0.3 is 0 Å². The minimum Gasteiger partial charge on any atom is -0.290 e. The summed E-state index contributed by atoms with van der Waals surface area (Å²) in [6, 6.07) is 3.53. The summed E-state index contributed by atoms with van der Waals surface area (Å²) < 4.78 is 0. The van der Waals surface area contributed by atoms with Crippen molar-refractivity contribution in [3.05, 3.63) is 38.9 Å². The normalized spacial score (nSPS) is 9.57. The summed E-state index contributed by atoms with van der Waals surface area (Å²) in [5, 5.41) is 10.5. The van der Waals surface area contributed by atoms with Crippen LogP contribution in [0, 0.1) is 10.1 Å². The van der Waals surface area contributed by atoms with Crippen molar-refractivity contribution < 1.29 is 9.72 Å². The lowest BCUT2D eigenvalue weighted by molar-refractivity contribution is -0.384. The third-order valence-electron chi connectivity index (χ3n) is 1.49. The highest BCUT2D eigenvalue weighted by atomic mass is 35.5. The zero-order valence-corrected chi connectivity index (χ0v) is 7.62. The van der Waals surface area contributed by atoms with Crippen LogP contribution in [0.4, 0.5) is 5.69 Å². The van der Waals surface area contributed by atoms with Crippen LogP contribution in [-0.2, 0) is 0 Å². The number of carbonyl (C=O) groups excluding carboxylic acids is 1. The number of halogens is 1. The quantitative estimate of drug-likeness (QED) is 0.331. The van der Waals surface area contributed by atoms with Crippen LogP contribution in [0.15, 0.2) is 18.2 Å². The van der Waals surface area contributed by atoms with Crippen molar-refractivity contribution in [3.63, 3.8) is 0 Å². The molecule has 0 bridgehead atoms. The minimum absolute atomic E-state index is 0.0479. The van der Waals surface area contributed by atoms with E-state index < -0.39 is 10.8 Å². The number of nitrogens with one attached hydrogen (secondary N) is 1. The summed E-state index contributed by atoms with van der Waals surface area (Å²) in [6.07, 6.45) is 0. The molecule has 0 atom stereocenters. The molecule has 1 amide bonds. The van der Waals surface area contributed by atoms with Crippen LogP contribution in [0.5, 0.6) is 0 Å². The Hall–Kier alpha value is -1.66. The number of rotatable bonds is 2. The molecule has 0 unspecified atom stereocenters. The molecule has 0 aliphatic carbocycles. The van der Waals surface area contributed by atoms with E-state index in [9.17, 15) is 14.9 Å². The first-order valence-corrected chi connectivity index (χ1v) is 3.88. The Kier molecular flexibility index (Phi) is 3.00. The number of nitro benzene ring substituents is 1. The largest absolute Gasteiger partial charge is 0.290 e. The molecular formula is C7H6ClN3O3. The molecule has 14 heavy (non-hydrogen) atoms. The first-order chi connectivity index (χ1) is 6.54. The van der Waals surface area contributed by atoms with Crippen molar-refractivity contribution in [1.82, 2.24) is 5.43 Å². The van der Waals surface area contributed by atoms with Crippen molar-refractivity contribution in [3.8, 4) is 0 Å². The van der Waals surface area contributed by atoms with Gasteiger partial charge in [-0.2, -0.15) is 0 Å². The predicted molar refractivity (Wildman–Crippen MR) is 49.8 cm³/mol. The van der Waals surface area contributed by atoms with E-state index >= 15 is 0 Å². The molecular weight excluding hydrogens is 210 g/mol. The zero-order chi connectivity index (χ0) is 10.7. The van der Waals surface area contributed by atoms with Crippen LogP contribution in [-0.4, -0.2) is 10.8 Å². The number of benzene rings is 1. The molecule has 6 nitrogen and oxygen atoms in total. The Balaban J connectivity index is 3.20. The van der Waals surface area contributed by atoms with Crippen LogP contribution in [0.1, 0.15) is 10.4 Å².